The lowest BCUT2D eigenvalue weighted by Crippen LogP contribution is -2.12. The number of benzene rings is 1. The fraction of sp³-hybridized carbons (Fsp3) is 0.214. The Kier molecular flexibility index (Phi) is 4.27. The van der Waals surface area contributed by atoms with E-state index in [4.69, 9.17) is 4.74 Å². The molecule has 0 fully saturated rings. The van der Waals surface area contributed by atoms with Gasteiger partial charge in [-0.05, 0) is 30.7 Å². The van der Waals surface area contributed by atoms with Crippen LogP contribution in [0.4, 0.5) is 5.82 Å². The van der Waals surface area contributed by atoms with E-state index < -0.39 is 0 Å². The van der Waals surface area contributed by atoms with E-state index in [1.54, 1.807) is 6.07 Å². The smallest absolute Gasteiger partial charge is 0.272 e. The minimum Gasteiger partial charge on any atom is -0.504 e. The summed E-state index contributed by atoms with van der Waals surface area (Å²) in [7, 11) is 1.53. The summed E-state index contributed by atoms with van der Waals surface area (Å²) >= 11 is 3.40. The van der Waals surface area contributed by atoms with Crippen LogP contribution in [0.15, 0.2) is 34.9 Å². The molecule has 0 unspecified atom stereocenters. The fourth-order valence-electron chi connectivity index (χ4n) is 1.79. The van der Waals surface area contributed by atoms with Crippen LogP contribution in [0.25, 0.3) is 0 Å². The third-order valence-corrected chi connectivity index (χ3v) is 3.22. The van der Waals surface area contributed by atoms with Gasteiger partial charge in [-0.2, -0.15) is 0 Å². The molecule has 2 rings (SSSR count). The van der Waals surface area contributed by atoms with Gasteiger partial charge in [-0.1, -0.05) is 15.9 Å². The molecule has 1 aromatic heterocycles. The molecule has 0 saturated carbocycles. The number of methoxy groups -OCH3 is 1. The molecule has 0 radical (unpaired) electrons. The third kappa shape index (κ3) is 3.38. The Morgan fingerprint density at radius 2 is 2.16 bits per heavy atom. The van der Waals surface area contributed by atoms with Gasteiger partial charge in [-0.25, -0.2) is 4.98 Å². The first-order valence-corrected chi connectivity index (χ1v) is 6.67. The Morgan fingerprint density at radius 1 is 1.37 bits per heavy atom. The number of hydrogen-bond acceptors (Lipinski definition) is 3. The second-order valence-corrected chi connectivity index (χ2v) is 5.16. The molecular weight excluding hydrogens is 308 g/mol. The number of phenols is 1. The number of pyridine rings is 1. The van der Waals surface area contributed by atoms with Gasteiger partial charge in [0.2, 0.25) is 0 Å². The molecule has 5 heteroatoms. The zero-order valence-corrected chi connectivity index (χ0v) is 12.4. The van der Waals surface area contributed by atoms with Crippen molar-refractivity contribution in [3.8, 4) is 11.5 Å². The number of H-pyrrole nitrogens is 1. The van der Waals surface area contributed by atoms with Crippen LogP contribution in [-0.4, -0.2) is 12.2 Å². The number of hydrogen-bond donors (Lipinski definition) is 2. The van der Waals surface area contributed by atoms with E-state index in [0.29, 0.717) is 12.3 Å². The van der Waals surface area contributed by atoms with Gasteiger partial charge in [0.15, 0.2) is 11.5 Å². The van der Waals surface area contributed by atoms with E-state index in [1.807, 2.05) is 31.3 Å². The molecule has 1 heterocycles. The van der Waals surface area contributed by atoms with Gasteiger partial charge in [0.05, 0.1) is 13.3 Å². The largest absolute Gasteiger partial charge is 0.504 e. The highest BCUT2D eigenvalue weighted by Gasteiger charge is 2.12. The summed E-state index contributed by atoms with van der Waals surface area (Å²) in [4.78, 5) is 3.11. The second-order valence-electron chi connectivity index (χ2n) is 4.25. The maximum absolute atomic E-state index is 10.0. The molecule has 4 nitrogen and oxygen atoms in total. The van der Waals surface area contributed by atoms with Crippen molar-refractivity contribution in [2.24, 2.45) is 0 Å². The normalized spacial score (nSPS) is 10.3. The summed E-state index contributed by atoms with van der Waals surface area (Å²) in [6.45, 7) is 2.53. The van der Waals surface area contributed by atoms with Crippen molar-refractivity contribution in [3.63, 3.8) is 0 Å². The van der Waals surface area contributed by atoms with Crippen LogP contribution in [-0.2, 0) is 6.54 Å². The molecule has 3 N–H and O–H groups in total. The summed E-state index contributed by atoms with van der Waals surface area (Å²) in [5.41, 5.74) is 1.93. The summed E-state index contributed by atoms with van der Waals surface area (Å²) in [6.07, 6.45) is 1.87. The summed E-state index contributed by atoms with van der Waals surface area (Å²) in [5, 5.41) is 13.3. The number of nitrogens with one attached hydrogen (secondary N) is 2. The number of aromatic nitrogens is 1. The summed E-state index contributed by atoms with van der Waals surface area (Å²) < 4.78 is 5.99. The van der Waals surface area contributed by atoms with Gasteiger partial charge < -0.3 is 9.84 Å². The Bertz CT molecular complexity index is 588. The molecule has 0 atom stereocenters. The van der Waals surface area contributed by atoms with Crippen LogP contribution < -0.4 is 15.0 Å². The lowest BCUT2D eigenvalue weighted by atomic mass is 10.2. The second kappa shape index (κ2) is 5.93. The van der Waals surface area contributed by atoms with Crippen LogP contribution in [0.3, 0.4) is 0 Å². The van der Waals surface area contributed by atoms with Crippen molar-refractivity contribution < 1.29 is 14.8 Å². The van der Waals surface area contributed by atoms with Gasteiger partial charge in [0.25, 0.3) is 5.82 Å². The van der Waals surface area contributed by atoms with E-state index in [1.165, 1.54) is 7.11 Å². The number of aryl methyl sites for hydroxylation is 1. The maximum atomic E-state index is 10.0. The highest BCUT2D eigenvalue weighted by atomic mass is 79.9. The standard InChI is InChI=1S/C14H15BrN2O2/c1-9-3-4-16-13(5-9)17-8-10-6-11(15)7-12(19-2)14(10)18/h3-7,18H,8H2,1-2H3,(H,16,17)/p+1. The Hall–Kier alpha value is -1.75. The van der Waals surface area contributed by atoms with Crippen LogP contribution in [0.1, 0.15) is 11.1 Å². The first kappa shape index (κ1) is 13.7. The quantitative estimate of drug-likeness (QED) is 0.909. The van der Waals surface area contributed by atoms with Gasteiger partial charge >= 0.3 is 0 Å². The highest BCUT2D eigenvalue weighted by Crippen LogP contribution is 2.33. The Labute approximate surface area is 120 Å². The number of aromatic amines is 1. The number of anilines is 1. The molecule has 0 amide bonds. The van der Waals surface area contributed by atoms with Gasteiger partial charge in [0, 0.05) is 16.1 Å². The molecule has 0 aliphatic rings. The van der Waals surface area contributed by atoms with Crippen LogP contribution in [0.2, 0.25) is 0 Å². The van der Waals surface area contributed by atoms with Crippen LogP contribution in [0.5, 0.6) is 11.5 Å². The van der Waals surface area contributed by atoms with Crippen molar-refractivity contribution in [1.82, 2.24) is 0 Å². The van der Waals surface area contributed by atoms with E-state index in [0.717, 1.165) is 21.4 Å². The monoisotopic (exact) mass is 323 g/mol. The topological polar surface area (TPSA) is 55.6 Å². The molecule has 19 heavy (non-hydrogen) atoms. The van der Waals surface area contributed by atoms with Gasteiger partial charge in [-0.3, -0.25) is 5.32 Å². The van der Waals surface area contributed by atoms with Crippen molar-refractivity contribution in [1.29, 1.82) is 0 Å². The average Bonchev–Trinajstić information content (AvgIpc) is 2.39. The van der Waals surface area contributed by atoms with Gasteiger partial charge in [-0.15, -0.1) is 0 Å². The predicted octanol–water partition coefficient (Wildman–Crippen LogP) is 2.90. The van der Waals surface area contributed by atoms with Crippen molar-refractivity contribution in [2.45, 2.75) is 13.5 Å². The van der Waals surface area contributed by atoms with E-state index in [2.05, 4.69) is 26.2 Å². The molecule has 100 valence electrons. The lowest BCUT2D eigenvalue weighted by Gasteiger charge is -2.09. The van der Waals surface area contributed by atoms with E-state index >= 15 is 0 Å². The van der Waals surface area contributed by atoms with Crippen LogP contribution >= 0.6 is 15.9 Å². The molecule has 0 spiro atoms. The summed E-state index contributed by atoms with van der Waals surface area (Å²) in [5.74, 6) is 1.52. The predicted molar refractivity (Wildman–Crippen MR) is 77.4 cm³/mol. The fourth-order valence-corrected chi connectivity index (χ4v) is 2.28. The van der Waals surface area contributed by atoms with Crippen molar-refractivity contribution >= 4 is 21.7 Å². The van der Waals surface area contributed by atoms with Crippen LogP contribution in [0, 0.1) is 6.92 Å². The number of ether oxygens (including phenoxy) is 1. The molecular formula is C14H16BrN2O2+. The highest BCUT2D eigenvalue weighted by molar-refractivity contribution is 9.10. The average molecular weight is 324 g/mol. The number of phenolic OH excluding ortho intramolecular Hbond substituents is 1. The molecule has 1 aromatic carbocycles. The minimum atomic E-state index is 0.158. The third-order valence-electron chi connectivity index (χ3n) is 2.76. The maximum Gasteiger partial charge on any atom is 0.272 e. The summed E-state index contributed by atoms with van der Waals surface area (Å²) in [6, 6.07) is 7.59. The first-order chi connectivity index (χ1) is 9.10. The number of halogens is 1. The lowest BCUT2D eigenvalue weighted by molar-refractivity contribution is -0.361. The zero-order chi connectivity index (χ0) is 13.8. The molecule has 0 bridgehead atoms. The zero-order valence-electron chi connectivity index (χ0n) is 10.8. The SMILES string of the molecule is COc1cc(Br)cc(CNc2cc(C)cc[nH+]2)c1O. The molecule has 2 aromatic rings. The van der Waals surface area contributed by atoms with E-state index in [9.17, 15) is 5.11 Å². The minimum absolute atomic E-state index is 0.158. The molecule has 0 saturated heterocycles. The Balaban J connectivity index is 2.17. The first-order valence-electron chi connectivity index (χ1n) is 5.87. The van der Waals surface area contributed by atoms with Gasteiger partial charge in [0.1, 0.15) is 6.54 Å². The number of rotatable bonds is 4. The molecule has 0 aliphatic heterocycles. The Morgan fingerprint density at radius 3 is 2.84 bits per heavy atom. The number of aromatic hydroxyl groups is 1. The molecule has 0 aliphatic carbocycles. The van der Waals surface area contributed by atoms with Crippen molar-refractivity contribution in [2.75, 3.05) is 12.4 Å². The van der Waals surface area contributed by atoms with Crippen molar-refractivity contribution in [3.05, 3.63) is 46.1 Å². The van der Waals surface area contributed by atoms with E-state index in [-0.39, 0.29) is 5.75 Å².